The Kier molecular flexibility index (Phi) is 4.87. The van der Waals surface area contributed by atoms with Crippen molar-refractivity contribution in [2.75, 3.05) is 4.90 Å². The molecule has 2 fully saturated rings. The van der Waals surface area contributed by atoms with Gasteiger partial charge in [0, 0.05) is 15.6 Å². The number of halogens is 3. The summed E-state index contributed by atoms with van der Waals surface area (Å²) in [4.78, 5) is 55.9. The van der Waals surface area contributed by atoms with Crippen LogP contribution in [-0.2, 0) is 14.3 Å². The van der Waals surface area contributed by atoms with Gasteiger partial charge in [-0.3, -0.25) is 19.2 Å². The van der Waals surface area contributed by atoms with Gasteiger partial charge < -0.3 is 4.74 Å². The molecule has 2 amide bonds. The first kappa shape index (κ1) is 22.3. The van der Waals surface area contributed by atoms with E-state index >= 15 is 0 Å². The summed E-state index contributed by atoms with van der Waals surface area (Å²) < 4.78 is 20.8. The molecule has 3 aliphatic rings. The SMILES string of the molecule is O=C1[C@@H]2[C@@H](c3ccc(F)c(Cl)c3)OC3(C(=O)c4ccccc4C3=O)[C@H]2C(=O)N1c1ccc(Br)cc1. The van der Waals surface area contributed by atoms with Crippen LogP contribution >= 0.6 is 27.5 Å². The number of amides is 2. The minimum absolute atomic E-state index is 0.136. The molecule has 2 aliphatic heterocycles. The quantitative estimate of drug-likeness (QED) is 0.331. The number of ether oxygens (including phenoxy) is 1. The van der Waals surface area contributed by atoms with Gasteiger partial charge in [-0.25, -0.2) is 9.29 Å². The summed E-state index contributed by atoms with van der Waals surface area (Å²) in [6.07, 6.45) is -1.17. The summed E-state index contributed by atoms with van der Waals surface area (Å²) in [5.41, 5.74) is -1.33. The Hall–Kier alpha value is -3.20. The summed E-state index contributed by atoms with van der Waals surface area (Å²) in [7, 11) is 0. The topological polar surface area (TPSA) is 80.8 Å². The molecule has 0 aromatic heterocycles. The van der Waals surface area contributed by atoms with E-state index in [-0.39, 0.29) is 16.1 Å². The summed E-state index contributed by atoms with van der Waals surface area (Å²) in [5, 5.41) is -0.211. The summed E-state index contributed by atoms with van der Waals surface area (Å²) in [5.74, 6) is -5.89. The second kappa shape index (κ2) is 7.65. The van der Waals surface area contributed by atoms with Crippen LogP contribution < -0.4 is 4.90 Å². The lowest BCUT2D eigenvalue weighted by Crippen LogP contribution is -2.51. The highest BCUT2D eigenvalue weighted by Crippen LogP contribution is 2.57. The molecule has 0 radical (unpaired) electrons. The number of nitrogens with zero attached hydrogens (tertiary/aromatic N) is 1. The minimum atomic E-state index is -2.20. The van der Waals surface area contributed by atoms with Gasteiger partial charge in [0.05, 0.1) is 28.6 Å². The molecule has 3 aromatic rings. The van der Waals surface area contributed by atoms with Crippen LogP contribution in [0.25, 0.3) is 0 Å². The number of anilines is 1. The van der Waals surface area contributed by atoms with E-state index in [0.29, 0.717) is 11.3 Å². The fourth-order valence-corrected chi connectivity index (χ4v) is 5.81. The largest absolute Gasteiger partial charge is 0.349 e. The maximum Gasteiger partial charge on any atom is 0.241 e. The number of carbonyl (C=O) groups is 4. The maximum atomic E-state index is 13.9. The lowest BCUT2D eigenvalue weighted by atomic mass is 9.77. The van der Waals surface area contributed by atoms with Gasteiger partial charge in [-0.05, 0) is 42.0 Å². The van der Waals surface area contributed by atoms with Gasteiger partial charge in [0.25, 0.3) is 0 Å². The van der Waals surface area contributed by atoms with E-state index in [9.17, 15) is 23.6 Å². The van der Waals surface area contributed by atoms with Crippen LogP contribution in [0.1, 0.15) is 32.4 Å². The molecule has 0 unspecified atom stereocenters. The zero-order chi connectivity index (χ0) is 24.6. The highest BCUT2D eigenvalue weighted by atomic mass is 79.9. The zero-order valence-electron chi connectivity index (χ0n) is 17.7. The number of ketones is 2. The van der Waals surface area contributed by atoms with Crippen molar-refractivity contribution in [2.24, 2.45) is 11.8 Å². The van der Waals surface area contributed by atoms with Crippen molar-refractivity contribution in [3.8, 4) is 0 Å². The van der Waals surface area contributed by atoms with Gasteiger partial charge in [-0.1, -0.05) is 57.9 Å². The van der Waals surface area contributed by atoms with Crippen molar-refractivity contribution in [3.63, 3.8) is 0 Å². The third-order valence-corrected chi connectivity index (χ3v) is 7.69. The number of benzene rings is 3. The van der Waals surface area contributed by atoms with Crippen molar-refractivity contribution in [1.29, 1.82) is 0 Å². The first-order valence-electron chi connectivity index (χ1n) is 10.7. The molecule has 0 bridgehead atoms. The number of fused-ring (bicyclic) bond motifs is 3. The standard InChI is InChI=1S/C26H14BrClFNO5/c27-13-6-8-14(9-7-13)30-24(33)19-20(25(30)34)26(22(31)15-3-1-2-4-16(15)23(26)32)35-21(19)12-5-10-18(29)17(28)11-12/h1-11,19-21H/t19-,20+,21+/m0/s1. The Morgan fingerprint density at radius 3 is 2.11 bits per heavy atom. The Morgan fingerprint density at radius 1 is 0.886 bits per heavy atom. The fraction of sp³-hybridized carbons (Fsp3) is 0.154. The van der Waals surface area contributed by atoms with Gasteiger partial charge in [0.1, 0.15) is 5.82 Å². The molecule has 3 atom stereocenters. The summed E-state index contributed by atoms with van der Waals surface area (Å²) >= 11 is 9.32. The Balaban J connectivity index is 1.55. The van der Waals surface area contributed by atoms with Crippen LogP contribution in [0.15, 0.2) is 71.2 Å². The van der Waals surface area contributed by atoms with Gasteiger partial charge in [-0.15, -0.1) is 0 Å². The van der Waals surface area contributed by atoms with Gasteiger partial charge in [0.15, 0.2) is 0 Å². The molecule has 3 aromatic carbocycles. The fourth-order valence-electron chi connectivity index (χ4n) is 5.35. The summed E-state index contributed by atoms with van der Waals surface area (Å²) in [6.45, 7) is 0. The van der Waals surface area contributed by atoms with Crippen LogP contribution in [0.4, 0.5) is 10.1 Å². The normalized spacial score (nSPS) is 24.4. The first-order chi connectivity index (χ1) is 16.8. The van der Waals surface area contributed by atoms with Crippen LogP contribution in [-0.4, -0.2) is 29.0 Å². The number of hydrogen-bond donors (Lipinski definition) is 0. The molecular formula is C26H14BrClFNO5. The predicted octanol–water partition coefficient (Wildman–Crippen LogP) is 4.94. The minimum Gasteiger partial charge on any atom is -0.349 e. The molecule has 1 spiro atoms. The Bertz CT molecular complexity index is 1440. The van der Waals surface area contributed by atoms with Crippen molar-refractivity contribution in [2.45, 2.75) is 11.7 Å². The number of Topliss-reactive ketones (excluding diaryl/α,β-unsaturated/α-hetero) is 2. The molecule has 2 heterocycles. The third-order valence-electron chi connectivity index (χ3n) is 6.88. The number of rotatable bonds is 2. The number of hydrogen-bond acceptors (Lipinski definition) is 5. The lowest BCUT2D eigenvalue weighted by Gasteiger charge is -2.27. The predicted molar refractivity (Wildman–Crippen MR) is 127 cm³/mol. The lowest BCUT2D eigenvalue weighted by molar-refractivity contribution is -0.127. The van der Waals surface area contributed by atoms with E-state index in [4.69, 9.17) is 16.3 Å². The molecule has 35 heavy (non-hydrogen) atoms. The van der Waals surface area contributed by atoms with Crippen LogP contribution in [0.3, 0.4) is 0 Å². The average Bonchev–Trinajstić information content (AvgIpc) is 3.42. The van der Waals surface area contributed by atoms with Crippen LogP contribution in [0.2, 0.25) is 5.02 Å². The average molecular weight is 555 g/mol. The summed E-state index contributed by atoms with van der Waals surface area (Å²) in [6, 6.07) is 16.5. The highest BCUT2D eigenvalue weighted by Gasteiger charge is 2.74. The van der Waals surface area contributed by atoms with E-state index in [1.165, 1.54) is 24.3 Å². The van der Waals surface area contributed by atoms with Crippen LogP contribution in [0, 0.1) is 17.7 Å². The first-order valence-corrected chi connectivity index (χ1v) is 11.9. The second-order valence-electron chi connectivity index (χ2n) is 8.64. The Labute approximate surface area is 211 Å². The second-order valence-corrected chi connectivity index (χ2v) is 9.97. The van der Waals surface area contributed by atoms with E-state index in [0.717, 1.165) is 15.4 Å². The third kappa shape index (κ3) is 2.90. The van der Waals surface area contributed by atoms with Crippen molar-refractivity contribution < 1.29 is 28.3 Å². The molecule has 1 aliphatic carbocycles. The van der Waals surface area contributed by atoms with Crippen molar-refractivity contribution in [3.05, 3.63) is 98.7 Å². The highest BCUT2D eigenvalue weighted by molar-refractivity contribution is 9.10. The van der Waals surface area contributed by atoms with E-state index in [2.05, 4.69) is 15.9 Å². The van der Waals surface area contributed by atoms with Gasteiger partial charge in [0.2, 0.25) is 29.0 Å². The smallest absolute Gasteiger partial charge is 0.241 e. The molecule has 6 rings (SSSR count). The van der Waals surface area contributed by atoms with E-state index in [1.54, 1.807) is 36.4 Å². The van der Waals surface area contributed by atoms with Gasteiger partial charge in [-0.2, -0.15) is 0 Å². The molecule has 174 valence electrons. The molecule has 2 saturated heterocycles. The molecular weight excluding hydrogens is 541 g/mol. The van der Waals surface area contributed by atoms with Gasteiger partial charge >= 0.3 is 0 Å². The van der Waals surface area contributed by atoms with E-state index in [1.807, 2.05) is 0 Å². The number of imide groups is 1. The van der Waals surface area contributed by atoms with Crippen molar-refractivity contribution >= 4 is 56.6 Å². The maximum absolute atomic E-state index is 13.9. The molecule has 0 N–H and O–H groups in total. The van der Waals surface area contributed by atoms with Crippen molar-refractivity contribution in [1.82, 2.24) is 0 Å². The Morgan fingerprint density at radius 2 is 1.51 bits per heavy atom. The van der Waals surface area contributed by atoms with E-state index < -0.39 is 52.7 Å². The van der Waals surface area contributed by atoms with Crippen LogP contribution in [0.5, 0.6) is 0 Å². The zero-order valence-corrected chi connectivity index (χ0v) is 20.0. The molecule has 0 saturated carbocycles. The molecule has 9 heteroatoms. The molecule has 6 nitrogen and oxygen atoms in total. The monoisotopic (exact) mass is 553 g/mol. The number of carbonyl (C=O) groups excluding carboxylic acids is 4.